The Hall–Kier alpha value is -2.89. The third-order valence-electron chi connectivity index (χ3n) is 13.5. The monoisotopic (exact) mass is 993 g/mol. The molecule has 0 aromatic carbocycles. The van der Waals surface area contributed by atoms with Gasteiger partial charge < -0.3 is 14.2 Å². The van der Waals surface area contributed by atoms with Crippen molar-refractivity contribution in [3.05, 3.63) is 60.8 Å². The summed E-state index contributed by atoms with van der Waals surface area (Å²) in [6.07, 6.45) is 75.0. The van der Waals surface area contributed by atoms with Crippen molar-refractivity contribution in [3.63, 3.8) is 0 Å². The van der Waals surface area contributed by atoms with Crippen LogP contribution >= 0.6 is 0 Å². The van der Waals surface area contributed by atoms with E-state index in [0.717, 1.165) is 96.3 Å². The van der Waals surface area contributed by atoms with E-state index in [-0.39, 0.29) is 31.1 Å². The van der Waals surface area contributed by atoms with Gasteiger partial charge in [0.1, 0.15) is 13.2 Å². The Morgan fingerprint density at radius 1 is 0.296 bits per heavy atom. The number of carbonyl (C=O) groups is 3. The highest BCUT2D eigenvalue weighted by Crippen LogP contribution is 2.17. The molecule has 6 heteroatoms. The number of rotatable bonds is 56. The largest absolute Gasteiger partial charge is 0.462 e. The quantitative estimate of drug-likeness (QED) is 0.0261. The number of esters is 3. The summed E-state index contributed by atoms with van der Waals surface area (Å²) < 4.78 is 16.9. The third kappa shape index (κ3) is 57.9. The number of allylic oxidation sites excluding steroid dienone is 10. The van der Waals surface area contributed by atoms with E-state index in [0.29, 0.717) is 19.3 Å². The molecule has 0 saturated heterocycles. The van der Waals surface area contributed by atoms with Crippen LogP contribution in [-0.4, -0.2) is 37.2 Å². The molecule has 0 aliphatic heterocycles. The average molecular weight is 994 g/mol. The maximum absolute atomic E-state index is 12.9. The molecule has 1 unspecified atom stereocenters. The van der Waals surface area contributed by atoms with Crippen molar-refractivity contribution in [2.45, 2.75) is 322 Å². The minimum absolute atomic E-state index is 0.0780. The van der Waals surface area contributed by atoms with E-state index < -0.39 is 6.10 Å². The van der Waals surface area contributed by atoms with Crippen molar-refractivity contribution < 1.29 is 28.6 Å². The normalized spacial score (nSPS) is 12.4. The lowest BCUT2D eigenvalue weighted by Gasteiger charge is -2.18. The van der Waals surface area contributed by atoms with E-state index in [1.54, 1.807) is 0 Å². The van der Waals surface area contributed by atoms with Gasteiger partial charge in [0.15, 0.2) is 6.10 Å². The molecule has 0 bridgehead atoms. The second-order valence-corrected chi connectivity index (χ2v) is 20.6. The smallest absolute Gasteiger partial charge is 0.306 e. The van der Waals surface area contributed by atoms with Crippen molar-refractivity contribution in [3.8, 4) is 0 Å². The van der Waals surface area contributed by atoms with Crippen LogP contribution in [0.3, 0.4) is 0 Å². The molecule has 0 aliphatic rings. The third-order valence-corrected chi connectivity index (χ3v) is 13.5. The number of unbranched alkanes of at least 4 members (excludes halogenated alkanes) is 35. The fourth-order valence-electron chi connectivity index (χ4n) is 8.90. The Morgan fingerprint density at radius 3 is 0.873 bits per heavy atom. The molecule has 0 N–H and O–H groups in total. The van der Waals surface area contributed by atoms with Crippen molar-refractivity contribution >= 4 is 17.9 Å². The molecule has 0 aliphatic carbocycles. The number of ether oxygens (including phenoxy) is 3. The summed E-state index contributed by atoms with van der Waals surface area (Å²) in [5, 5.41) is 0. The Morgan fingerprint density at radius 2 is 0.549 bits per heavy atom. The lowest BCUT2D eigenvalue weighted by Crippen LogP contribution is -2.30. The molecule has 0 rings (SSSR count). The van der Waals surface area contributed by atoms with Crippen LogP contribution in [0.15, 0.2) is 60.8 Å². The zero-order valence-electron chi connectivity index (χ0n) is 47.2. The minimum Gasteiger partial charge on any atom is -0.462 e. The van der Waals surface area contributed by atoms with Crippen LogP contribution in [0.1, 0.15) is 316 Å². The summed E-state index contributed by atoms with van der Waals surface area (Å²) in [5.74, 6) is -0.876. The standard InChI is InChI=1S/C65H116O6/c1-4-7-10-13-16-19-22-25-28-30-31-32-33-35-37-40-43-46-49-52-55-58-64(67)70-61-62(60-69-63(66)57-54-51-48-45-42-39-36-27-24-21-18-15-12-9-6-3)71-65(68)59-56-53-50-47-44-41-38-34-29-26-23-20-17-14-11-8-5-2/h7,10,16,19,25,27-28,31-32,36,62H,4-6,8-9,11-15,17-18,20-24,26,29-30,33-35,37-61H2,1-3H3/b10-7-,19-16-,28-25-,32-31-,36-27-. The molecule has 0 amide bonds. The second-order valence-electron chi connectivity index (χ2n) is 20.6. The first-order valence-electron chi connectivity index (χ1n) is 30.8. The van der Waals surface area contributed by atoms with Crippen molar-refractivity contribution in [1.82, 2.24) is 0 Å². The average Bonchev–Trinajstić information content (AvgIpc) is 3.37. The first kappa shape index (κ1) is 68.1. The number of hydrogen-bond acceptors (Lipinski definition) is 6. The van der Waals surface area contributed by atoms with Crippen LogP contribution in [0.5, 0.6) is 0 Å². The lowest BCUT2D eigenvalue weighted by atomic mass is 10.0. The van der Waals surface area contributed by atoms with Gasteiger partial charge in [-0.2, -0.15) is 0 Å². The maximum Gasteiger partial charge on any atom is 0.306 e. The molecule has 71 heavy (non-hydrogen) atoms. The Labute approximate surface area is 440 Å². The lowest BCUT2D eigenvalue weighted by molar-refractivity contribution is -0.167. The van der Waals surface area contributed by atoms with Crippen LogP contribution in [-0.2, 0) is 28.6 Å². The van der Waals surface area contributed by atoms with Crippen LogP contribution in [0.4, 0.5) is 0 Å². The van der Waals surface area contributed by atoms with E-state index >= 15 is 0 Å². The highest BCUT2D eigenvalue weighted by molar-refractivity contribution is 5.71. The molecule has 0 aromatic heterocycles. The van der Waals surface area contributed by atoms with Gasteiger partial charge in [0.2, 0.25) is 0 Å². The summed E-state index contributed by atoms with van der Waals surface area (Å²) in [6.45, 7) is 6.55. The van der Waals surface area contributed by atoms with Gasteiger partial charge in [-0.05, 0) is 83.5 Å². The van der Waals surface area contributed by atoms with Gasteiger partial charge in [-0.1, -0.05) is 274 Å². The van der Waals surface area contributed by atoms with Crippen LogP contribution in [0.25, 0.3) is 0 Å². The Bertz CT molecular complexity index is 1280. The number of hydrogen-bond donors (Lipinski definition) is 0. The second kappa shape index (κ2) is 59.7. The Balaban J connectivity index is 4.36. The maximum atomic E-state index is 12.9. The predicted molar refractivity (Wildman–Crippen MR) is 307 cm³/mol. The highest BCUT2D eigenvalue weighted by atomic mass is 16.6. The van der Waals surface area contributed by atoms with Gasteiger partial charge >= 0.3 is 17.9 Å². The first-order chi connectivity index (χ1) is 35.0. The van der Waals surface area contributed by atoms with Gasteiger partial charge in [-0.3, -0.25) is 14.4 Å². The summed E-state index contributed by atoms with van der Waals surface area (Å²) in [4.78, 5) is 38.3. The van der Waals surface area contributed by atoms with Gasteiger partial charge in [0, 0.05) is 19.3 Å². The van der Waals surface area contributed by atoms with E-state index in [9.17, 15) is 14.4 Å². The molecule has 0 heterocycles. The molecule has 0 radical (unpaired) electrons. The topological polar surface area (TPSA) is 78.9 Å². The predicted octanol–water partition coefficient (Wildman–Crippen LogP) is 20.8. The highest BCUT2D eigenvalue weighted by Gasteiger charge is 2.19. The van der Waals surface area contributed by atoms with Gasteiger partial charge in [0.05, 0.1) is 0 Å². The zero-order chi connectivity index (χ0) is 51.4. The summed E-state index contributed by atoms with van der Waals surface area (Å²) >= 11 is 0. The fourth-order valence-corrected chi connectivity index (χ4v) is 8.90. The van der Waals surface area contributed by atoms with E-state index in [1.165, 1.54) is 180 Å². The van der Waals surface area contributed by atoms with Gasteiger partial charge in [-0.25, -0.2) is 0 Å². The SMILES string of the molecule is CC/C=C\C/C=C\C/C=C\C/C=C\CCCCCCCCCCC(=O)OCC(COC(=O)CCCCCCC/C=C\CCCCCCCC)OC(=O)CCCCCCCCCCCCCCCCCCC. The molecule has 0 saturated carbocycles. The molecule has 6 nitrogen and oxygen atoms in total. The van der Waals surface area contributed by atoms with Crippen molar-refractivity contribution in [1.29, 1.82) is 0 Å². The van der Waals surface area contributed by atoms with Gasteiger partial charge in [0.25, 0.3) is 0 Å². The fraction of sp³-hybridized carbons (Fsp3) is 0.800. The van der Waals surface area contributed by atoms with Crippen molar-refractivity contribution in [2.75, 3.05) is 13.2 Å². The van der Waals surface area contributed by atoms with E-state index in [4.69, 9.17) is 14.2 Å². The van der Waals surface area contributed by atoms with E-state index in [1.807, 2.05) is 0 Å². The minimum atomic E-state index is -0.779. The molecule has 0 aromatic rings. The first-order valence-corrected chi connectivity index (χ1v) is 30.8. The molecule has 0 fully saturated rings. The molecular weight excluding hydrogens is 877 g/mol. The van der Waals surface area contributed by atoms with Crippen molar-refractivity contribution in [2.24, 2.45) is 0 Å². The Kier molecular flexibility index (Phi) is 57.2. The summed E-state index contributed by atoms with van der Waals surface area (Å²) in [7, 11) is 0. The molecule has 0 spiro atoms. The summed E-state index contributed by atoms with van der Waals surface area (Å²) in [6, 6.07) is 0. The molecular formula is C65H116O6. The van der Waals surface area contributed by atoms with Gasteiger partial charge in [-0.15, -0.1) is 0 Å². The zero-order valence-corrected chi connectivity index (χ0v) is 47.2. The van der Waals surface area contributed by atoms with Crippen LogP contribution in [0.2, 0.25) is 0 Å². The van der Waals surface area contributed by atoms with Crippen LogP contribution in [0, 0.1) is 0 Å². The molecule has 412 valence electrons. The summed E-state index contributed by atoms with van der Waals surface area (Å²) in [5.41, 5.74) is 0. The van der Waals surface area contributed by atoms with E-state index in [2.05, 4.69) is 81.5 Å². The van der Waals surface area contributed by atoms with Crippen LogP contribution < -0.4 is 0 Å². The molecule has 1 atom stereocenters. The number of carbonyl (C=O) groups excluding carboxylic acids is 3.